The minimum atomic E-state index is -0.525. The Morgan fingerprint density at radius 3 is 2.91 bits per heavy atom. The normalized spacial score (nSPS) is 13.6. The highest BCUT2D eigenvalue weighted by Crippen LogP contribution is 2.29. The van der Waals surface area contributed by atoms with E-state index in [1.807, 2.05) is 0 Å². The number of hydrogen-bond acceptors (Lipinski definition) is 4. The van der Waals surface area contributed by atoms with Crippen molar-refractivity contribution < 1.29 is 4.79 Å². The fraction of sp³-hybridized carbons (Fsp3) is 0.400. The zero-order valence-corrected chi connectivity index (χ0v) is 12.8. The van der Waals surface area contributed by atoms with E-state index in [-0.39, 0.29) is 5.91 Å². The molecule has 22 heavy (non-hydrogen) atoms. The maximum absolute atomic E-state index is 12.3. The number of H-pyrrole nitrogens is 2. The number of aryl methyl sites for hydroxylation is 1. The summed E-state index contributed by atoms with van der Waals surface area (Å²) in [7, 11) is 0. The predicted octanol–water partition coefficient (Wildman–Crippen LogP) is 0.976. The van der Waals surface area contributed by atoms with Crippen LogP contribution >= 0.6 is 11.3 Å². The molecule has 0 saturated carbocycles. The molecule has 1 aliphatic rings. The summed E-state index contributed by atoms with van der Waals surface area (Å²) in [5, 5.41) is 4.93. The predicted molar refractivity (Wildman–Crippen MR) is 84.7 cm³/mol. The number of aromatic amines is 2. The summed E-state index contributed by atoms with van der Waals surface area (Å²) in [6, 6.07) is 0. The molecular weight excluding hydrogens is 302 g/mol. The molecule has 7 heteroatoms. The minimum Gasteiger partial charge on any atom is -0.351 e. The van der Waals surface area contributed by atoms with Crippen molar-refractivity contribution in [2.45, 2.75) is 32.1 Å². The first-order valence-corrected chi connectivity index (χ1v) is 8.21. The maximum atomic E-state index is 12.3. The highest BCUT2D eigenvalue weighted by atomic mass is 32.1. The average Bonchev–Trinajstić information content (AvgIpc) is 2.93. The number of nitrogens with one attached hydrogen (secondary N) is 3. The van der Waals surface area contributed by atoms with Crippen LogP contribution in [-0.4, -0.2) is 22.4 Å². The van der Waals surface area contributed by atoms with Crippen LogP contribution in [0.15, 0.2) is 21.2 Å². The Labute approximate surface area is 130 Å². The lowest BCUT2D eigenvalue weighted by Crippen LogP contribution is -2.30. The van der Waals surface area contributed by atoms with Gasteiger partial charge in [-0.15, -0.1) is 11.3 Å². The molecule has 116 valence electrons. The fourth-order valence-electron chi connectivity index (χ4n) is 2.72. The van der Waals surface area contributed by atoms with Gasteiger partial charge in [0, 0.05) is 18.3 Å². The number of rotatable bonds is 4. The van der Waals surface area contributed by atoms with E-state index in [2.05, 4.69) is 20.7 Å². The third-order valence-electron chi connectivity index (χ3n) is 3.89. The van der Waals surface area contributed by atoms with Crippen LogP contribution in [0.4, 0.5) is 0 Å². The van der Waals surface area contributed by atoms with E-state index < -0.39 is 11.2 Å². The fourth-order valence-corrected chi connectivity index (χ4v) is 3.80. The van der Waals surface area contributed by atoms with Gasteiger partial charge in [0.05, 0.1) is 4.88 Å². The summed E-state index contributed by atoms with van der Waals surface area (Å²) in [4.78, 5) is 40.1. The molecule has 0 aliphatic heterocycles. The van der Waals surface area contributed by atoms with Gasteiger partial charge < -0.3 is 10.3 Å². The van der Waals surface area contributed by atoms with Gasteiger partial charge in [-0.25, -0.2) is 4.79 Å². The van der Waals surface area contributed by atoms with Gasteiger partial charge in [0.15, 0.2) is 0 Å². The first kappa shape index (κ1) is 14.8. The molecule has 2 heterocycles. The van der Waals surface area contributed by atoms with Gasteiger partial charge in [0.2, 0.25) is 0 Å². The number of carbonyl (C=O) groups excluding carboxylic acids is 1. The SMILES string of the molecule is O=C(NCCc1c[nH]c(=O)[nH]c1=O)c1scc2c1CCCC2. The van der Waals surface area contributed by atoms with Crippen LogP contribution < -0.4 is 16.6 Å². The van der Waals surface area contributed by atoms with Crippen molar-refractivity contribution in [3.63, 3.8) is 0 Å². The first-order chi connectivity index (χ1) is 10.6. The second-order valence-corrected chi connectivity index (χ2v) is 6.26. The molecule has 0 unspecified atom stereocenters. The molecule has 1 amide bonds. The third kappa shape index (κ3) is 3.04. The van der Waals surface area contributed by atoms with Crippen molar-refractivity contribution in [2.75, 3.05) is 6.54 Å². The molecule has 0 saturated heterocycles. The molecule has 3 rings (SSSR count). The molecule has 2 aromatic rings. The van der Waals surface area contributed by atoms with Gasteiger partial charge >= 0.3 is 5.69 Å². The molecule has 3 N–H and O–H groups in total. The summed E-state index contributed by atoms with van der Waals surface area (Å²) in [5.74, 6) is -0.0750. The van der Waals surface area contributed by atoms with Crippen LogP contribution in [0.25, 0.3) is 0 Å². The van der Waals surface area contributed by atoms with E-state index in [9.17, 15) is 14.4 Å². The van der Waals surface area contributed by atoms with Crippen molar-refractivity contribution in [3.8, 4) is 0 Å². The van der Waals surface area contributed by atoms with Crippen molar-refractivity contribution >= 4 is 17.2 Å². The lowest BCUT2D eigenvalue weighted by atomic mass is 9.94. The summed E-state index contributed by atoms with van der Waals surface area (Å²) >= 11 is 1.50. The van der Waals surface area contributed by atoms with Gasteiger partial charge in [-0.05, 0) is 48.6 Å². The summed E-state index contributed by atoms with van der Waals surface area (Å²) in [6.45, 7) is 0.362. The van der Waals surface area contributed by atoms with Crippen molar-refractivity contribution in [3.05, 3.63) is 54.0 Å². The lowest BCUT2D eigenvalue weighted by molar-refractivity contribution is 0.0957. The van der Waals surface area contributed by atoms with Crippen LogP contribution in [-0.2, 0) is 19.3 Å². The zero-order chi connectivity index (χ0) is 15.5. The van der Waals surface area contributed by atoms with Crippen molar-refractivity contribution in [1.29, 1.82) is 0 Å². The van der Waals surface area contributed by atoms with Crippen LogP contribution in [0, 0.1) is 0 Å². The lowest BCUT2D eigenvalue weighted by Gasteiger charge is -2.12. The number of aromatic nitrogens is 2. The van der Waals surface area contributed by atoms with Crippen LogP contribution in [0.5, 0.6) is 0 Å². The van der Waals surface area contributed by atoms with Crippen molar-refractivity contribution in [1.82, 2.24) is 15.3 Å². The summed E-state index contributed by atoms with van der Waals surface area (Å²) in [5.41, 5.74) is 2.01. The largest absolute Gasteiger partial charge is 0.351 e. The Hall–Kier alpha value is -2.15. The van der Waals surface area contributed by atoms with E-state index in [0.717, 1.165) is 24.1 Å². The molecule has 0 fully saturated rings. The van der Waals surface area contributed by atoms with E-state index in [4.69, 9.17) is 0 Å². The Bertz CT molecular complexity index is 803. The van der Waals surface area contributed by atoms with E-state index in [1.54, 1.807) is 0 Å². The second-order valence-electron chi connectivity index (χ2n) is 5.38. The molecule has 0 radical (unpaired) electrons. The van der Waals surface area contributed by atoms with Gasteiger partial charge in [-0.2, -0.15) is 0 Å². The highest BCUT2D eigenvalue weighted by molar-refractivity contribution is 7.12. The topological polar surface area (TPSA) is 94.8 Å². The quantitative estimate of drug-likeness (QED) is 0.784. The molecule has 0 spiro atoms. The van der Waals surface area contributed by atoms with Gasteiger partial charge in [0.1, 0.15) is 0 Å². The number of amides is 1. The zero-order valence-electron chi connectivity index (χ0n) is 12.0. The molecule has 2 aromatic heterocycles. The van der Waals surface area contributed by atoms with E-state index in [1.165, 1.54) is 35.1 Å². The smallest absolute Gasteiger partial charge is 0.325 e. The van der Waals surface area contributed by atoms with Crippen LogP contribution in [0.3, 0.4) is 0 Å². The molecule has 0 bridgehead atoms. The monoisotopic (exact) mass is 319 g/mol. The molecular formula is C15H17N3O3S. The van der Waals surface area contributed by atoms with E-state index in [0.29, 0.717) is 18.5 Å². The number of hydrogen-bond donors (Lipinski definition) is 3. The third-order valence-corrected chi connectivity index (χ3v) is 4.96. The molecule has 0 aromatic carbocycles. The summed E-state index contributed by atoms with van der Waals surface area (Å²) in [6.07, 6.45) is 6.13. The van der Waals surface area contributed by atoms with Crippen LogP contribution in [0.1, 0.15) is 39.2 Å². The van der Waals surface area contributed by atoms with Crippen LogP contribution in [0.2, 0.25) is 0 Å². The van der Waals surface area contributed by atoms with Gasteiger partial charge in [0.25, 0.3) is 11.5 Å². The van der Waals surface area contributed by atoms with Gasteiger partial charge in [-0.1, -0.05) is 0 Å². The molecule has 6 nitrogen and oxygen atoms in total. The molecule has 1 aliphatic carbocycles. The highest BCUT2D eigenvalue weighted by Gasteiger charge is 2.19. The Kier molecular flexibility index (Phi) is 4.24. The number of thiophene rings is 1. The number of carbonyl (C=O) groups is 1. The Morgan fingerprint density at radius 2 is 2.09 bits per heavy atom. The molecule has 0 atom stereocenters. The van der Waals surface area contributed by atoms with Gasteiger partial charge in [-0.3, -0.25) is 14.6 Å². The minimum absolute atomic E-state index is 0.0750. The maximum Gasteiger partial charge on any atom is 0.325 e. The Balaban J connectivity index is 1.62. The number of fused-ring (bicyclic) bond motifs is 1. The summed E-state index contributed by atoms with van der Waals surface area (Å²) < 4.78 is 0. The first-order valence-electron chi connectivity index (χ1n) is 7.33. The second kappa shape index (κ2) is 6.31. The van der Waals surface area contributed by atoms with Crippen molar-refractivity contribution in [2.24, 2.45) is 0 Å². The Morgan fingerprint density at radius 1 is 1.27 bits per heavy atom. The standard InChI is InChI=1S/C15H17N3O3S/c19-13-9(7-17-15(21)18-13)5-6-16-14(20)12-11-4-2-1-3-10(11)8-22-12/h7-8H,1-6H2,(H,16,20)(H2,17,18,19,21). The van der Waals surface area contributed by atoms with E-state index >= 15 is 0 Å². The average molecular weight is 319 g/mol.